The van der Waals surface area contributed by atoms with E-state index < -0.39 is 0 Å². The van der Waals surface area contributed by atoms with E-state index in [9.17, 15) is 4.79 Å². The smallest absolute Gasteiger partial charge is 0.240 e. The third-order valence-electron chi connectivity index (χ3n) is 2.10. The molecule has 0 saturated heterocycles. The van der Waals surface area contributed by atoms with Crippen molar-refractivity contribution in [3.05, 3.63) is 29.4 Å². The highest BCUT2D eigenvalue weighted by Gasteiger charge is 2.05. The maximum absolute atomic E-state index is 10.2. The van der Waals surface area contributed by atoms with Gasteiger partial charge in [0.1, 0.15) is 5.69 Å². The second-order valence-corrected chi connectivity index (χ2v) is 3.43. The van der Waals surface area contributed by atoms with E-state index in [1.165, 1.54) is 6.08 Å². The van der Waals surface area contributed by atoms with Crippen LogP contribution in [0.2, 0.25) is 5.02 Å². The van der Waals surface area contributed by atoms with E-state index >= 15 is 0 Å². The fraction of sp³-hybridized carbons (Fsp3) is 0.100. The van der Waals surface area contributed by atoms with Gasteiger partial charge >= 0.3 is 0 Å². The highest BCUT2D eigenvalue weighted by Crippen LogP contribution is 2.29. The molecule has 1 aromatic heterocycles. The average Bonchev–Trinajstić information content (AvgIpc) is 2.44. The first-order valence-electron chi connectivity index (χ1n) is 4.05. The first-order valence-corrected chi connectivity index (χ1v) is 4.42. The molecule has 0 N–H and O–H groups in total. The number of isocyanates is 1. The van der Waals surface area contributed by atoms with Gasteiger partial charge in [0.15, 0.2) is 0 Å². The van der Waals surface area contributed by atoms with Gasteiger partial charge in [-0.25, -0.2) is 4.79 Å². The van der Waals surface area contributed by atoms with Gasteiger partial charge in [-0.1, -0.05) is 11.6 Å². The van der Waals surface area contributed by atoms with Crippen molar-refractivity contribution in [1.29, 1.82) is 0 Å². The maximum Gasteiger partial charge on any atom is 0.240 e. The van der Waals surface area contributed by atoms with Crippen molar-refractivity contribution in [1.82, 2.24) is 4.57 Å². The fourth-order valence-electron chi connectivity index (χ4n) is 1.47. The Bertz CT molecular complexity index is 538. The number of benzene rings is 1. The van der Waals surface area contributed by atoms with Crippen LogP contribution in [-0.2, 0) is 11.8 Å². The summed E-state index contributed by atoms with van der Waals surface area (Å²) in [6.45, 7) is 0. The minimum atomic E-state index is 0.620. The van der Waals surface area contributed by atoms with E-state index in [-0.39, 0.29) is 0 Å². The standard InChI is InChI=1S/C10H7ClN2O/c1-13-5-9(12-6-14)8-3-2-7(11)4-10(8)13/h2-5H,1H3. The molecule has 3 nitrogen and oxygen atoms in total. The normalized spacial score (nSPS) is 10.1. The lowest BCUT2D eigenvalue weighted by Gasteiger charge is -1.95. The number of rotatable bonds is 1. The molecule has 1 aromatic carbocycles. The van der Waals surface area contributed by atoms with Crippen LogP contribution < -0.4 is 0 Å². The monoisotopic (exact) mass is 206 g/mol. The van der Waals surface area contributed by atoms with Crippen molar-refractivity contribution in [3.8, 4) is 0 Å². The van der Waals surface area contributed by atoms with Crippen LogP contribution in [0.25, 0.3) is 10.9 Å². The van der Waals surface area contributed by atoms with Gasteiger partial charge in [0.25, 0.3) is 0 Å². The van der Waals surface area contributed by atoms with Crippen LogP contribution in [0.15, 0.2) is 29.4 Å². The number of carbonyl (C=O) groups excluding carboxylic acids is 1. The molecule has 0 saturated carbocycles. The summed E-state index contributed by atoms with van der Waals surface area (Å²) in [6.07, 6.45) is 3.30. The highest BCUT2D eigenvalue weighted by molar-refractivity contribution is 6.31. The van der Waals surface area contributed by atoms with Crippen LogP contribution >= 0.6 is 11.6 Å². The van der Waals surface area contributed by atoms with Crippen molar-refractivity contribution in [2.75, 3.05) is 0 Å². The zero-order valence-corrected chi connectivity index (χ0v) is 8.25. The number of aliphatic imine (C=N–C) groups is 1. The lowest BCUT2D eigenvalue weighted by atomic mass is 10.2. The molecule has 0 aliphatic rings. The summed E-state index contributed by atoms with van der Waals surface area (Å²) in [5, 5.41) is 1.57. The van der Waals surface area contributed by atoms with Gasteiger partial charge in [-0.05, 0) is 18.2 Å². The zero-order chi connectivity index (χ0) is 10.1. The number of aromatic nitrogens is 1. The van der Waals surface area contributed by atoms with Crippen molar-refractivity contribution < 1.29 is 4.79 Å². The molecule has 4 heteroatoms. The Balaban J connectivity index is 2.83. The second kappa shape index (κ2) is 3.29. The van der Waals surface area contributed by atoms with Crippen LogP contribution in [0.1, 0.15) is 0 Å². The number of nitrogens with zero attached hydrogens (tertiary/aromatic N) is 2. The number of hydrogen-bond acceptors (Lipinski definition) is 2. The van der Waals surface area contributed by atoms with E-state index in [0.717, 1.165) is 10.9 Å². The van der Waals surface area contributed by atoms with E-state index in [2.05, 4.69) is 4.99 Å². The summed E-state index contributed by atoms with van der Waals surface area (Å²) in [7, 11) is 1.88. The molecule has 0 amide bonds. The quantitative estimate of drug-likeness (QED) is 0.522. The Morgan fingerprint density at radius 1 is 1.50 bits per heavy atom. The largest absolute Gasteiger partial charge is 0.348 e. The van der Waals surface area contributed by atoms with Crippen molar-refractivity contribution in [2.24, 2.45) is 12.0 Å². The first kappa shape index (κ1) is 9.00. The topological polar surface area (TPSA) is 34.4 Å². The van der Waals surface area contributed by atoms with Gasteiger partial charge in [0, 0.05) is 23.7 Å². The molecular formula is C10H7ClN2O. The van der Waals surface area contributed by atoms with Crippen LogP contribution in [-0.4, -0.2) is 10.6 Å². The predicted octanol–water partition coefficient (Wildman–Crippen LogP) is 2.80. The van der Waals surface area contributed by atoms with Gasteiger partial charge in [-0.2, -0.15) is 4.99 Å². The predicted molar refractivity (Wildman–Crippen MR) is 55.7 cm³/mol. The van der Waals surface area contributed by atoms with Gasteiger partial charge in [0.05, 0.1) is 5.52 Å². The molecule has 0 aliphatic carbocycles. The van der Waals surface area contributed by atoms with Crippen LogP contribution in [0, 0.1) is 0 Å². The minimum absolute atomic E-state index is 0.620. The lowest BCUT2D eigenvalue weighted by Crippen LogP contribution is -1.82. The van der Waals surface area contributed by atoms with Crippen LogP contribution in [0.5, 0.6) is 0 Å². The summed E-state index contributed by atoms with van der Waals surface area (Å²) in [5.41, 5.74) is 1.57. The summed E-state index contributed by atoms with van der Waals surface area (Å²) >= 11 is 5.86. The van der Waals surface area contributed by atoms with Crippen molar-refractivity contribution in [3.63, 3.8) is 0 Å². The minimum Gasteiger partial charge on any atom is -0.348 e. The summed E-state index contributed by atoms with van der Waals surface area (Å²) < 4.78 is 1.87. The molecule has 1 heterocycles. The molecule has 2 rings (SSSR count). The molecule has 0 unspecified atom stereocenters. The summed E-state index contributed by atoms with van der Waals surface area (Å²) in [5.74, 6) is 0. The lowest BCUT2D eigenvalue weighted by molar-refractivity contribution is 0.565. The third-order valence-corrected chi connectivity index (χ3v) is 2.33. The Morgan fingerprint density at radius 2 is 2.29 bits per heavy atom. The molecular weight excluding hydrogens is 200 g/mol. The fourth-order valence-corrected chi connectivity index (χ4v) is 1.64. The van der Waals surface area contributed by atoms with Gasteiger partial charge < -0.3 is 4.57 Å². The number of aryl methyl sites for hydroxylation is 1. The average molecular weight is 207 g/mol. The zero-order valence-electron chi connectivity index (χ0n) is 7.49. The number of fused-ring (bicyclic) bond motifs is 1. The third kappa shape index (κ3) is 1.33. The van der Waals surface area contributed by atoms with E-state index in [1.807, 2.05) is 23.7 Å². The summed E-state index contributed by atoms with van der Waals surface area (Å²) in [4.78, 5) is 13.8. The molecule has 0 spiro atoms. The molecule has 0 fully saturated rings. The Labute approximate surface area is 85.6 Å². The highest BCUT2D eigenvalue weighted by atomic mass is 35.5. The molecule has 2 aromatic rings. The van der Waals surface area contributed by atoms with Gasteiger partial charge in [-0.15, -0.1) is 0 Å². The molecule has 14 heavy (non-hydrogen) atoms. The Hall–Kier alpha value is -1.57. The molecule has 0 aliphatic heterocycles. The molecule has 0 atom stereocenters. The second-order valence-electron chi connectivity index (χ2n) is 2.99. The number of halogens is 1. The SMILES string of the molecule is Cn1cc(N=C=O)c2ccc(Cl)cc21. The maximum atomic E-state index is 10.2. The number of hydrogen-bond donors (Lipinski definition) is 0. The van der Waals surface area contributed by atoms with Crippen LogP contribution in [0.4, 0.5) is 5.69 Å². The first-order chi connectivity index (χ1) is 6.72. The van der Waals surface area contributed by atoms with Crippen molar-refractivity contribution >= 4 is 34.3 Å². The van der Waals surface area contributed by atoms with Gasteiger partial charge in [-0.3, -0.25) is 0 Å². The van der Waals surface area contributed by atoms with E-state index in [4.69, 9.17) is 11.6 Å². The molecule has 70 valence electrons. The Morgan fingerprint density at radius 3 is 3.00 bits per heavy atom. The van der Waals surface area contributed by atoms with E-state index in [0.29, 0.717) is 10.7 Å². The van der Waals surface area contributed by atoms with Crippen LogP contribution in [0.3, 0.4) is 0 Å². The Kier molecular flexibility index (Phi) is 2.12. The van der Waals surface area contributed by atoms with Crippen molar-refractivity contribution in [2.45, 2.75) is 0 Å². The van der Waals surface area contributed by atoms with E-state index in [1.54, 1.807) is 12.3 Å². The molecule has 0 radical (unpaired) electrons. The summed E-state index contributed by atoms with van der Waals surface area (Å²) in [6, 6.07) is 5.45. The van der Waals surface area contributed by atoms with Gasteiger partial charge in [0.2, 0.25) is 6.08 Å². The molecule has 0 bridgehead atoms.